The van der Waals surface area contributed by atoms with E-state index in [-0.39, 0.29) is 34.7 Å². The molecule has 36 heavy (non-hydrogen) atoms. The van der Waals surface area contributed by atoms with Crippen LogP contribution in [0.15, 0.2) is 41.2 Å². The number of aliphatic hydroxyl groups is 1. The molecule has 2 amide bonds. The second-order valence-electron chi connectivity index (χ2n) is 8.36. The van der Waals surface area contributed by atoms with Crippen molar-refractivity contribution in [1.82, 2.24) is 25.1 Å². The number of aromatic amines is 1. The van der Waals surface area contributed by atoms with Crippen LogP contribution in [0.2, 0.25) is 15.1 Å². The number of aliphatic hydroxyl groups excluding tert-OH is 1. The van der Waals surface area contributed by atoms with E-state index >= 15 is 0 Å². The van der Waals surface area contributed by atoms with Gasteiger partial charge in [-0.15, -0.1) is 0 Å². The number of carbonyl (C=O) groups is 1. The molecule has 0 spiro atoms. The lowest BCUT2D eigenvalue weighted by Gasteiger charge is -2.10. The standard InChI is InChI=1S/C24H23Cl3N6O3/c1-12(2)20-19-22(33(32-20)21-16(26)10-14(25)11-17(21)27)30-18(31-23(19)35)9-13-3-5-15(6-4-13)29-24(36)28-7-8-34/h3-6,10-12,34H,7-9H2,1-2H3,(H2,28,29,36)(H,30,31,35). The van der Waals surface area contributed by atoms with E-state index in [0.29, 0.717) is 45.4 Å². The number of H-pyrrole nitrogens is 1. The summed E-state index contributed by atoms with van der Waals surface area (Å²) in [5.74, 6) is 0.369. The molecule has 0 saturated heterocycles. The zero-order chi connectivity index (χ0) is 26.0. The molecular formula is C24H23Cl3N6O3. The third-order valence-corrected chi connectivity index (χ3v) is 6.13. The summed E-state index contributed by atoms with van der Waals surface area (Å²) in [6.45, 7) is 3.89. The number of nitrogens with one attached hydrogen (secondary N) is 3. The number of halogens is 3. The Bertz CT molecular complexity index is 1460. The fraction of sp³-hybridized carbons (Fsp3) is 0.250. The zero-order valence-electron chi connectivity index (χ0n) is 19.4. The first-order chi connectivity index (χ1) is 17.2. The van der Waals surface area contributed by atoms with Crippen LogP contribution in [0.1, 0.15) is 36.8 Å². The number of nitrogens with zero attached hydrogens (tertiary/aromatic N) is 3. The smallest absolute Gasteiger partial charge is 0.319 e. The third-order valence-electron chi connectivity index (χ3n) is 5.33. The van der Waals surface area contributed by atoms with Gasteiger partial charge in [0, 0.05) is 23.7 Å². The minimum Gasteiger partial charge on any atom is -0.395 e. The van der Waals surface area contributed by atoms with Crippen molar-refractivity contribution in [1.29, 1.82) is 0 Å². The van der Waals surface area contributed by atoms with Crippen LogP contribution in [0.25, 0.3) is 16.7 Å². The summed E-state index contributed by atoms with van der Waals surface area (Å²) in [5.41, 5.74) is 2.42. The monoisotopic (exact) mass is 548 g/mol. The topological polar surface area (TPSA) is 125 Å². The summed E-state index contributed by atoms with van der Waals surface area (Å²) in [5, 5.41) is 19.9. The van der Waals surface area contributed by atoms with Crippen molar-refractivity contribution in [2.75, 3.05) is 18.5 Å². The predicted octanol–water partition coefficient (Wildman–Crippen LogP) is 4.90. The van der Waals surface area contributed by atoms with Gasteiger partial charge in [0.15, 0.2) is 5.65 Å². The lowest BCUT2D eigenvalue weighted by Crippen LogP contribution is -2.30. The zero-order valence-corrected chi connectivity index (χ0v) is 21.7. The SMILES string of the molecule is CC(C)c1nn(-c2c(Cl)cc(Cl)cc2Cl)c2nc(Cc3ccc(NC(=O)NCCO)cc3)[nH]c(=O)c12. The lowest BCUT2D eigenvalue weighted by molar-refractivity contribution is 0.245. The molecule has 0 aliphatic carbocycles. The first-order valence-electron chi connectivity index (χ1n) is 11.1. The van der Waals surface area contributed by atoms with Crippen molar-refractivity contribution in [3.63, 3.8) is 0 Å². The molecule has 0 saturated carbocycles. The number of benzene rings is 2. The van der Waals surface area contributed by atoms with Gasteiger partial charge in [-0.2, -0.15) is 5.10 Å². The molecular weight excluding hydrogens is 527 g/mol. The summed E-state index contributed by atoms with van der Waals surface area (Å²) in [7, 11) is 0. The molecule has 188 valence electrons. The van der Waals surface area contributed by atoms with Crippen molar-refractivity contribution in [3.8, 4) is 5.69 Å². The Hall–Kier alpha value is -3.11. The number of aromatic nitrogens is 4. The van der Waals surface area contributed by atoms with Gasteiger partial charge in [-0.05, 0) is 35.7 Å². The van der Waals surface area contributed by atoms with Crippen LogP contribution in [0.5, 0.6) is 0 Å². The van der Waals surface area contributed by atoms with E-state index in [9.17, 15) is 9.59 Å². The van der Waals surface area contributed by atoms with Crippen molar-refractivity contribution in [2.24, 2.45) is 0 Å². The van der Waals surface area contributed by atoms with Gasteiger partial charge in [0.1, 0.15) is 16.9 Å². The second-order valence-corrected chi connectivity index (χ2v) is 9.61. The molecule has 12 heteroatoms. The van der Waals surface area contributed by atoms with Gasteiger partial charge >= 0.3 is 6.03 Å². The number of amides is 2. The molecule has 0 aliphatic rings. The average Bonchev–Trinajstić information content (AvgIpc) is 3.18. The average molecular weight is 550 g/mol. The largest absolute Gasteiger partial charge is 0.395 e. The first-order valence-corrected chi connectivity index (χ1v) is 12.2. The van der Waals surface area contributed by atoms with E-state index in [1.54, 1.807) is 24.3 Å². The summed E-state index contributed by atoms with van der Waals surface area (Å²) < 4.78 is 1.49. The highest BCUT2D eigenvalue weighted by Crippen LogP contribution is 2.34. The Morgan fingerprint density at radius 2 is 1.81 bits per heavy atom. The van der Waals surface area contributed by atoms with Gasteiger partial charge in [-0.1, -0.05) is 60.8 Å². The number of rotatable bonds is 7. The van der Waals surface area contributed by atoms with Crippen LogP contribution < -0.4 is 16.2 Å². The molecule has 0 bridgehead atoms. The minimum absolute atomic E-state index is 0.0537. The number of hydrogen-bond acceptors (Lipinski definition) is 5. The number of urea groups is 1. The number of anilines is 1. The molecule has 2 aromatic carbocycles. The Labute approximate surface area is 221 Å². The molecule has 9 nitrogen and oxygen atoms in total. The van der Waals surface area contributed by atoms with E-state index in [2.05, 4.69) is 20.7 Å². The number of carbonyl (C=O) groups excluding carboxylic acids is 1. The van der Waals surface area contributed by atoms with Crippen LogP contribution in [-0.2, 0) is 6.42 Å². The van der Waals surface area contributed by atoms with E-state index in [1.165, 1.54) is 4.68 Å². The highest BCUT2D eigenvalue weighted by molar-refractivity contribution is 6.40. The highest BCUT2D eigenvalue weighted by Gasteiger charge is 2.23. The van der Waals surface area contributed by atoms with E-state index in [0.717, 1.165) is 5.56 Å². The van der Waals surface area contributed by atoms with Crippen molar-refractivity contribution in [2.45, 2.75) is 26.2 Å². The molecule has 4 N–H and O–H groups in total. The number of hydrogen-bond donors (Lipinski definition) is 4. The Morgan fingerprint density at radius 1 is 1.14 bits per heavy atom. The lowest BCUT2D eigenvalue weighted by atomic mass is 10.1. The highest BCUT2D eigenvalue weighted by atomic mass is 35.5. The second kappa shape index (κ2) is 10.9. The van der Waals surface area contributed by atoms with Crippen LogP contribution in [0, 0.1) is 0 Å². The summed E-state index contributed by atoms with van der Waals surface area (Å²) >= 11 is 19.0. The summed E-state index contributed by atoms with van der Waals surface area (Å²) in [4.78, 5) is 32.5. The number of fused-ring (bicyclic) bond motifs is 1. The fourth-order valence-electron chi connectivity index (χ4n) is 3.72. The maximum Gasteiger partial charge on any atom is 0.319 e. The maximum atomic E-state index is 13.1. The van der Waals surface area contributed by atoms with Crippen molar-refractivity contribution >= 4 is 57.6 Å². The molecule has 2 aromatic heterocycles. The van der Waals surface area contributed by atoms with Gasteiger partial charge in [0.25, 0.3) is 5.56 Å². The summed E-state index contributed by atoms with van der Waals surface area (Å²) in [6, 6.07) is 9.80. The summed E-state index contributed by atoms with van der Waals surface area (Å²) in [6.07, 6.45) is 0.326. The quantitative estimate of drug-likeness (QED) is 0.261. The maximum absolute atomic E-state index is 13.1. The van der Waals surface area contributed by atoms with Gasteiger partial charge in [0.05, 0.1) is 22.3 Å². The fourth-order valence-corrected chi connectivity index (χ4v) is 4.70. The molecule has 0 fully saturated rings. The van der Waals surface area contributed by atoms with E-state index in [1.807, 2.05) is 26.0 Å². The molecule has 0 radical (unpaired) electrons. The molecule has 0 unspecified atom stereocenters. The van der Waals surface area contributed by atoms with Crippen LogP contribution in [0.4, 0.5) is 10.5 Å². The van der Waals surface area contributed by atoms with Crippen LogP contribution >= 0.6 is 34.8 Å². The van der Waals surface area contributed by atoms with Crippen LogP contribution in [0.3, 0.4) is 0 Å². The van der Waals surface area contributed by atoms with E-state index < -0.39 is 6.03 Å². The van der Waals surface area contributed by atoms with E-state index in [4.69, 9.17) is 44.9 Å². The molecule has 4 rings (SSSR count). The Balaban J connectivity index is 1.71. The van der Waals surface area contributed by atoms with Crippen LogP contribution in [-0.4, -0.2) is 44.0 Å². The minimum atomic E-state index is -0.415. The third kappa shape index (κ3) is 5.49. The van der Waals surface area contributed by atoms with Crippen molar-refractivity contribution in [3.05, 3.63) is 78.9 Å². The van der Waals surface area contributed by atoms with Gasteiger partial charge in [-0.25, -0.2) is 14.5 Å². The molecule has 2 heterocycles. The Morgan fingerprint density at radius 3 is 2.42 bits per heavy atom. The molecule has 0 atom stereocenters. The predicted molar refractivity (Wildman–Crippen MR) is 142 cm³/mol. The Kier molecular flexibility index (Phi) is 7.85. The van der Waals surface area contributed by atoms with Crippen molar-refractivity contribution < 1.29 is 9.90 Å². The first kappa shape index (κ1) is 26.0. The van der Waals surface area contributed by atoms with Gasteiger partial charge in [-0.3, -0.25) is 4.79 Å². The molecule has 4 aromatic rings. The van der Waals surface area contributed by atoms with Gasteiger partial charge < -0.3 is 20.7 Å². The molecule has 0 aliphatic heterocycles. The normalized spacial score (nSPS) is 11.3. The van der Waals surface area contributed by atoms with Gasteiger partial charge in [0.2, 0.25) is 0 Å².